The van der Waals surface area contributed by atoms with Gasteiger partial charge in [-0.1, -0.05) is 17.7 Å². The molecule has 124 valence electrons. The Kier molecular flexibility index (Phi) is 4.92. The predicted molar refractivity (Wildman–Crippen MR) is 92.4 cm³/mol. The molecule has 6 heteroatoms. The number of carbonyl (C=O) groups excluding carboxylic acids is 2. The van der Waals surface area contributed by atoms with Crippen LogP contribution in [-0.4, -0.2) is 36.9 Å². The first-order valence-corrected chi connectivity index (χ1v) is 8.03. The molecule has 0 saturated carbocycles. The monoisotopic (exact) mass is 344 g/mol. The zero-order valence-corrected chi connectivity index (χ0v) is 14.0. The third-order valence-corrected chi connectivity index (χ3v) is 4.29. The first-order chi connectivity index (χ1) is 11.6. The van der Waals surface area contributed by atoms with Crippen LogP contribution < -0.4 is 4.90 Å². The molecule has 1 saturated heterocycles. The van der Waals surface area contributed by atoms with E-state index < -0.39 is 0 Å². The van der Waals surface area contributed by atoms with Crippen molar-refractivity contribution in [3.05, 3.63) is 47.1 Å². The third-order valence-electron chi connectivity index (χ3n) is 3.98. The molecule has 0 aliphatic carbocycles. The van der Waals surface area contributed by atoms with Crippen molar-refractivity contribution < 1.29 is 14.3 Å². The summed E-state index contributed by atoms with van der Waals surface area (Å²) in [6, 6.07) is 8.96. The summed E-state index contributed by atoms with van der Waals surface area (Å²) in [6.45, 7) is 3.48. The largest absolute Gasteiger partial charge is 0.381 e. The fourth-order valence-electron chi connectivity index (χ4n) is 2.58. The van der Waals surface area contributed by atoms with Gasteiger partial charge in [-0.05, 0) is 24.3 Å². The highest BCUT2D eigenvalue weighted by molar-refractivity contribution is 6.34. The van der Waals surface area contributed by atoms with Crippen molar-refractivity contribution >= 4 is 29.5 Å². The average molecular weight is 345 g/mol. The number of aromatic nitrogens is 1. The highest BCUT2D eigenvalue weighted by Crippen LogP contribution is 2.31. The fraction of sp³-hybridized carbons (Fsp3) is 0.278. The molecule has 3 rings (SSSR count). The Balaban J connectivity index is 1.86. The van der Waals surface area contributed by atoms with Crippen LogP contribution in [0.3, 0.4) is 0 Å². The number of carbonyl (C=O) groups is 2. The van der Waals surface area contributed by atoms with Gasteiger partial charge >= 0.3 is 0 Å². The Labute approximate surface area is 145 Å². The number of ether oxygens (including phenoxy) is 1. The maximum Gasteiger partial charge on any atom is 0.223 e. The molecule has 0 N–H and O–H groups in total. The van der Waals surface area contributed by atoms with Crippen LogP contribution in [0.15, 0.2) is 36.5 Å². The van der Waals surface area contributed by atoms with Crippen LogP contribution >= 0.6 is 11.6 Å². The van der Waals surface area contributed by atoms with E-state index in [9.17, 15) is 9.59 Å². The van der Waals surface area contributed by atoms with Gasteiger partial charge in [-0.15, -0.1) is 0 Å². The topological polar surface area (TPSA) is 59.5 Å². The van der Waals surface area contributed by atoms with Gasteiger partial charge in [-0.25, -0.2) is 0 Å². The fourth-order valence-corrected chi connectivity index (χ4v) is 2.86. The van der Waals surface area contributed by atoms with E-state index in [0.717, 1.165) is 17.5 Å². The quantitative estimate of drug-likeness (QED) is 0.781. The lowest BCUT2D eigenvalue weighted by Gasteiger charge is -2.32. The van der Waals surface area contributed by atoms with E-state index >= 15 is 0 Å². The molecule has 1 aromatic carbocycles. The van der Waals surface area contributed by atoms with Crippen molar-refractivity contribution in [2.24, 2.45) is 5.92 Å². The number of pyridine rings is 1. The van der Waals surface area contributed by atoms with Crippen molar-refractivity contribution in [2.45, 2.75) is 6.92 Å². The summed E-state index contributed by atoms with van der Waals surface area (Å²) < 4.78 is 5.17. The van der Waals surface area contributed by atoms with Crippen molar-refractivity contribution in [1.29, 1.82) is 0 Å². The van der Waals surface area contributed by atoms with E-state index in [1.54, 1.807) is 23.1 Å². The predicted octanol–water partition coefficient (Wildman–Crippen LogP) is 3.21. The van der Waals surface area contributed by atoms with Crippen LogP contribution in [0.5, 0.6) is 0 Å². The van der Waals surface area contributed by atoms with Gasteiger partial charge in [0.25, 0.3) is 0 Å². The molecular weight excluding hydrogens is 328 g/mol. The molecule has 0 spiro atoms. The second-order valence-electron chi connectivity index (χ2n) is 5.79. The van der Waals surface area contributed by atoms with Gasteiger partial charge < -0.3 is 9.64 Å². The van der Waals surface area contributed by atoms with Crippen LogP contribution in [0.25, 0.3) is 11.3 Å². The van der Waals surface area contributed by atoms with E-state index in [2.05, 4.69) is 4.98 Å². The number of benzene rings is 1. The van der Waals surface area contributed by atoms with E-state index in [-0.39, 0.29) is 5.91 Å². The van der Waals surface area contributed by atoms with Crippen molar-refractivity contribution in [3.8, 4) is 11.3 Å². The summed E-state index contributed by atoms with van der Waals surface area (Å²) in [4.78, 5) is 28.6. The number of nitrogens with zero attached hydrogens (tertiary/aromatic N) is 2. The number of halogens is 1. The SMILES string of the molecule is CC(=O)N(CC1COC1)c1ccc(-c2ccc(C=O)cn2)cc1Cl. The molecule has 1 aromatic heterocycles. The Morgan fingerprint density at radius 3 is 2.67 bits per heavy atom. The molecule has 24 heavy (non-hydrogen) atoms. The molecule has 0 radical (unpaired) electrons. The summed E-state index contributed by atoms with van der Waals surface area (Å²) in [5.74, 6) is 0.298. The Morgan fingerprint density at radius 1 is 1.38 bits per heavy atom. The number of aldehydes is 1. The second kappa shape index (κ2) is 7.11. The number of hydrogen-bond acceptors (Lipinski definition) is 4. The highest BCUT2D eigenvalue weighted by atomic mass is 35.5. The van der Waals surface area contributed by atoms with Gasteiger partial charge in [-0.3, -0.25) is 14.6 Å². The van der Waals surface area contributed by atoms with Crippen LogP contribution in [0.1, 0.15) is 17.3 Å². The molecule has 0 bridgehead atoms. The molecule has 1 fully saturated rings. The highest BCUT2D eigenvalue weighted by Gasteiger charge is 2.25. The minimum Gasteiger partial charge on any atom is -0.381 e. The summed E-state index contributed by atoms with van der Waals surface area (Å²) in [6.07, 6.45) is 2.27. The molecule has 0 atom stereocenters. The Morgan fingerprint density at radius 2 is 2.17 bits per heavy atom. The summed E-state index contributed by atoms with van der Waals surface area (Å²) in [7, 11) is 0. The van der Waals surface area contributed by atoms with Crippen LogP contribution in [-0.2, 0) is 9.53 Å². The standard InChI is InChI=1S/C18H17ClN2O3/c1-12(23)21(8-14-10-24-11-14)18-5-3-15(6-16(18)19)17-4-2-13(9-22)7-20-17/h2-7,9,14H,8,10-11H2,1H3. The molecular formula is C18H17ClN2O3. The first kappa shape index (κ1) is 16.6. The normalized spacial score (nSPS) is 14.1. The van der Waals surface area contributed by atoms with Crippen molar-refractivity contribution in [1.82, 2.24) is 4.98 Å². The molecule has 0 unspecified atom stereocenters. The lowest BCUT2D eigenvalue weighted by molar-refractivity contribution is -0.117. The Hall–Kier alpha value is -2.24. The third kappa shape index (κ3) is 3.47. The van der Waals surface area contributed by atoms with E-state index in [0.29, 0.717) is 41.9 Å². The molecule has 1 amide bonds. The summed E-state index contributed by atoms with van der Waals surface area (Å²) >= 11 is 6.41. The van der Waals surface area contributed by atoms with Gasteiger partial charge in [0.1, 0.15) is 0 Å². The van der Waals surface area contributed by atoms with Crippen molar-refractivity contribution in [2.75, 3.05) is 24.7 Å². The van der Waals surface area contributed by atoms with Gasteiger partial charge in [0.2, 0.25) is 5.91 Å². The van der Waals surface area contributed by atoms with E-state index in [1.165, 1.54) is 13.1 Å². The summed E-state index contributed by atoms with van der Waals surface area (Å²) in [5, 5.41) is 0.490. The zero-order valence-electron chi connectivity index (χ0n) is 13.2. The van der Waals surface area contributed by atoms with Gasteiger partial charge in [-0.2, -0.15) is 0 Å². The minimum atomic E-state index is -0.0509. The lowest BCUT2D eigenvalue weighted by atomic mass is 10.1. The maximum absolute atomic E-state index is 12.0. The molecule has 2 heterocycles. The summed E-state index contributed by atoms with van der Waals surface area (Å²) in [5.41, 5.74) is 2.75. The van der Waals surface area contributed by atoms with Gasteiger partial charge in [0.15, 0.2) is 6.29 Å². The smallest absolute Gasteiger partial charge is 0.223 e. The van der Waals surface area contributed by atoms with Crippen LogP contribution in [0, 0.1) is 5.92 Å². The van der Waals surface area contributed by atoms with Gasteiger partial charge in [0.05, 0.1) is 29.6 Å². The first-order valence-electron chi connectivity index (χ1n) is 7.65. The molecule has 5 nitrogen and oxygen atoms in total. The van der Waals surface area contributed by atoms with Crippen LogP contribution in [0.4, 0.5) is 5.69 Å². The van der Waals surface area contributed by atoms with Crippen LogP contribution in [0.2, 0.25) is 5.02 Å². The molecule has 2 aromatic rings. The average Bonchev–Trinajstić information content (AvgIpc) is 2.54. The maximum atomic E-state index is 12.0. The number of rotatable bonds is 5. The number of anilines is 1. The minimum absolute atomic E-state index is 0.0509. The second-order valence-corrected chi connectivity index (χ2v) is 6.20. The number of hydrogen-bond donors (Lipinski definition) is 0. The lowest BCUT2D eigenvalue weighted by Crippen LogP contribution is -2.41. The molecule has 1 aliphatic rings. The number of amides is 1. The van der Waals surface area contributed by atoms with E-state index in [1.807, 2.05) is 12.1 Å². The van der Waals surface area contributed by atoms with Gasteiger partial charge in [0, 0.05) is 36.7 Å². The zero-order chi connectivity index (χ0) is 17.1. The Bertz CT molecular complexity index is 757. The molecule has 1 aliphatic heterocycles. The van der Waals surface area contributed by atoms with E-state index in [4.69, 9.17) is 16.3 Å². The van der Waals surface area contributed by atoms with Crippen molar-refractivity contribution in [3.63, 3.8) is 0 Å².